The molecule has 47 heavy (non-hydrogen) atoms. The smallest absolute Gasteiger partial charge is 0.272 e. The maximum absolute atomic E-state index is 13.4. The number of thioether (sulfide) groups is 1. The third kappa shape index (κ3) is 9.24. The first kappa shape index (κ1) is 33.7. The van der Waals surface area contributed by atoms with Gasteiger partial charge in [-0.05, 0) is 79.2 Å². The molecule has 0 spiro atoms. The van der Waals surface area contributed by atoms with E-state index in [0.717, 1.165) is 10.5 Å². The van der Waals surface area contributed by atoms with Crippen LogP contribution in [0.15, 0.2) is 113 Å². The Morgan fingerprint density at radius 3 is 2.30 bits per heavy atom. The molecule has 0 radical (unpaired) electrons. The van der Waals surface area contributed by atoms with E-state index in [2.05, 4.69) is 20.9 Å². The van der Waals surface area contributed by atoms with Crippen LogP contribution in [0.5, 0.6) is 5.75 Å². The number of carbonyl (C=O) groups is 3. The minimum atomic E-state index is -0.498. The van der Waals surface area contributed by atoms with Gasteiger partial charge in [0, 0.05) is 27.1 Å². The lowest BCUT2D eigenvalue weighted by Gasteiger charge is -2.13. The van der Waals surface area contributed by atoms with Gasteiger partial charge in [0.1, 0.15) is 11.4 Å². The molecular weight excluding hydrogens is 675 g/mol. The van der Waals surface area contributed by atoms with Crippen molar-refractivity contribution in [2.45, 2.75) is 17.1 Å². The number of hydrogen-bond acceptors (Lipinski definition) is 7. The lowest BCUT2D eigenvalue weighted by atomic mass is 10.1. The van der Waals surface area contributed by atoms with Gasteiger partial charge in [-0.2, -0.15) is 0 Å². The molecule has 1 heterocycles. The van der Waals surface area contributed by atoms with Crippen LogP contribution in [0.25, 0.3) is 17.3 Å². The highest BCUT2D eigenvalue weighted by atomic mass is 35.5. The van der Waals surface area contributed by atoms with E-state index in [4.69, 9.17) is 27.9 Å². The molecule has 0 bridgehead atoms. The van der Waals surface area contributed by atoms with Crippen LogP contribution in [0, 0.1) is 0 Å². The van der Waals surface area contributed by atoms with Gasteiger partial charge >= 0.3 is 0 Å². The number of nitrogens with zero attached hydrogens (tertiary/aromatic N) is 1. The van der Waals surface area contributed by atoms with Crippen LogP contribution in [0.4, 0.5) is 10.8 Å². The predicted molar refractivity (Wildman–Crippen MR) is 191 cm³/mol. The fourth-order valence-electron chi connectivity index (χ4n) is 4.21. The molecule has 5 aromatic rings. The van der Waals surface area contributed by atoms with Crippen molar-refractivity contribution in [3.63, 3.8) is 0 Å². The second-order valence-corrected chi connectivity index (χ2v) is 13.1. The summed E-state index contributed by atoms with van der Waals surface area (Å²) in [6, 6.07) is 28.1. The number of anilines is 2. The first-order valence-electron chi connectivity index (χ1n) is 14.2. The van der Waals surface area contributed by atoms with Gasteiger partial charge in [-0.1, -0.05) is 59.6 Å². The quantitative estimate of drug-likeness (QED) is 0.0939. The fourth-order valence-corrected chi connectivity index (χ4v) is 6.10. The van der Waals surface area contributed by atoms with Gasteiger partial charge in [0.15, 0.2) is 5.13 Å². The zero-order valence-corrected chi connectivity index (χ0v) is 28.3. The van der Waals surface area contributed by atoms with Crippen LogP contribution in [0.3, 0.4) is 0 Å². The van der Waals surface area contributed by atoms with Gasteiger partial charge in [-0.15, -0.1) is 23.1 Å². The molecule has 0 aliphatic rings. The van der Waals surface area contributed by atoms with E-state index in [9.17, 15) is 14.4 Å². The fraction of sp³-hybridized carbons (Fsp3) is 0.0857. The summed E-state index contributed by atoms with van der Waals surface area (Å²) in [7, 11) is 1.57. The van der Waals surface area contributed by atoms with Gasteiger partial charge in [0.2, 0.25) is 5.91 Å². The van der Waals surface area contributed by atoms with Crippen LogP contribution in [-0.4, -0.2) is 35.1 Å². The maximum atomic E-state index is 13.4. The van der Waals surface area contributed by atoms with E-state index in [0.29, 0.717) is 43.4 Å². The van der Waals surface area contributed by atoms with Crippen LogP contribution >= 0.6 is 46.3 Å². The molecule has 0 aliphatic heterocycles. The molecule has 8 nitrogen and oxygen atoms in total. The van der Waals surface area contributed by atoms with Crippen molar-refractivity contribution >= 4 is 80.9 Å². The molecule has 238 valence electrons. The lowest BCUT2D eigenvalue weighted by molar-refractivity contribution is -0.115. The van der Waals surface area contributed by atoms with E-state index in [-0.39, 0.29) is 11.6 Å². The molecule has 0 saturated carbocycles. The van der Waals surface area contributed by atoms with Gasteiger partial charge in [-0.3, -0.25) is 14.4 Å². The Hall–Kier alpha value is -4.61. The minimum absolute atomic E-state index is 0.0669. The summed E-state index contributed by atoms with van der Waals surface area (Å²) >= 11 is 14.8. The first-order valence-corrected chi connectivity index (χ1v) is 16.7. The van der Waals surface area contributed by atoms with Crippen molar-refractivity contribution in [1.29, 1.82) is 0 Å². The molecule has 1 aromatic heterocycles. The number of thiazole rings is 1. The molecule has 0 fully saturated rings. The van der Waals surface area contributed by atoms with Gasteiger partial charge in [0.25, 0.3) is 11.8 Å². The zero-order chi connectivity index (χ0) is 33.3. The molecule has 3 amide bonds. The van der Waals surface area contributed by atoms with Crippen LogP contribution < -0.4 is 20.7 Å². The van der Waals surface area contributed by atoms with Crippen molar-refractivity contribution in [2.75, 3.05) is 17.7 Å². The highest BCUT2D eigenvalue weighted by Crippen LogP contribution is 2.31. The predicted octanol–water partition coefficient (Wildman–Crippen LogP) is 8.65. The number of halogens is 2. The van der Waals surface area contributed by atoms with Crippen molar-refractivity contribution in [2.24, 2.45) is 0 Å². The Kier molecular flexibility index (Phi) is 11.3. The van der Waals surface area contributed by atoms with E-state index in [1.807, 2.05) is 29.6 Å². The number of amides is 3. The number of methoxy groups -OCH3 is 1. The highest BCUT2D eigenvalue weighted by molar-refractivity contribution is 8.00. The second-order valence-electron chi connectivity index (χ2n) is 10.0. The van der Waals surface area contributed by atoms with E-state index in [1.165, 1.54) is 23.1 Å². The number of ether oxygens (including phenoxy) is 1. The SMILES string of the molecule is COc1ccc(/C=C(\NC(=O)c2ccccc2)C(=O)Nc2ccc(SC(C)C(=O)Nc3nc(-c4ccc(Cl)c(Cl)c4)cs3)cc2)cc1. The molecule has 4 aromatic carbocycles. The Labute approximate surface area is 290 Å². The molecular formula is C35H28Cl2N4O4S2. The zero-order valence-electron chi connectivity index (χ0n) is 25.1. The second kappa shape index (κ2) is 15.8. The van der Waals surface area contributed by atoms with Crippen LogP contribution in [-0.2, 0) is 9.59 Å². The molecule has 1 unspecified atom stereocenters. The largest absolute Gasteiger partial charge is 0.497 e. The van der Waals surface area contributed by atoms with E-state index < -0.39 is 17.1 Å². The first-order chi connectivity index (χ1) is 22.7. The normalized spacial score (nSPS) is 11.8. The van der Waals surface area contributed by atoms with Gasteiger partial charge in [-0.25, -0.2) is 4.98 Å². The Morgan fingerprint density at radius 1 is 0.894 bits per heavy atom. The Balaban J connectivity index is 1.21. The summed E-state index contributed by atoms with van der Waals surface area (Å²) in [4.78, 5) is 44.5. The molecule has 3 N–H and O–H groups in total. The third-order valence-electron chi connectivity index (χ3n) is 6.70. The number of hydrogen-bond donors (Lipinski definition) is 3. The number of aromatic nitrogens is 1. The summed E-state index contributed by atoms with van der Waals surface area (Å²) < 4.78 is 5.22. The minimum Gasteiger partial charge on any atom is -0.497 e. The highest BCUT2D eigenvalue weighted by Gasteiger charge is 2.18. The summed E-state index contributed by atoms with van der Waals surface area (Å²) in [5.41, 5.74) is 3.19. The molecule has 5 rings (SSSR count). The van der Waals surface area contributed by atoms with E-state index >= 15 is 0 Å². The van der Waals surface area contributed by atoms with Gasteiger partial charge < -0.3 is 20.7 Å². The van der Waals surface area contributed by atoms with Crippen molar-refractivity contribution in [3.05, 3.63) is 129 Å². The molecule has 1 atom stereocenters. The molecule has 0 saturated heterocycles. The summed E-state index contributed by atoms with van der Waals surface area (Å²) in [5, 5.41) is 11.2. The number of rotatable bonds is 11. The lowest BCUT2D eigenvalue weighted by Crippen LogP contribution is -2.30. The Morgan fingerprint density at radius 2 is 1.62 bits per heavy atom. The number of benzene rings is 4. The monoisotopic (exact) mass is 702 g/mol. The third-order valence-corrected chi connectivity index (χ3v) is 9.31. The summed E-state index contributed by atoms with van der Waals surface area (Å²) in [6.45, 7) is 1.80. The van der Waals surface area contributed by atoms with Crippen LogP contribution in [0.1, 0.15) is 22.8 Å². The van der Waals surface area contributed by atoms with Crippen molar-refractivity contribution < 1.29 is 19.1 Å². The number of carbonyl (C=O) groups excluding carboxylic acids is 3. The average Bonchev–Trinajstić information content (AvgIpc) is 3.55. The maximum Gasteiger partial charge on any atom is 0.272 e. The van der Waals surface area contributed by atoms with E-state index in [1.54, 1.807) is 92.9 Å². The topological polar surface area (TPSA) is 109 Å². The average molecular weight is 704 g/mol. The number of nitrogens with one attached hydrogen (secondary N) is 3. The van der Waals surface area contributed by atoms with Crippen molar-refractivity contribution in [3.8, 4) is 17.0 Å². The van der Waals surface area contributed by atoms with Crippen molar-refractivity contribution in [1.82, 2.24) is 10.3 Å². The summed E-state index contributed by atoms with van der Waals surface area (Å²) in [5.74, 6) is -0.446. The summed E-state index contributed by atoms with van der Waals surface area (Å²) in [6.07, 6.45) is 1.59. The van der Waals surface area contributed by atoms with Crippen LogP contribution in [0.2, 0.25) is 10.0 Å². The molecule has 0 aliphatic carbocycles. The molecule has 12 heteroatoms. The van der Waals surface area contributed by atoms with Gasteiger partial charge in [0.05, 0.1) is 28.1 Å². The Bertz CT molecular complexity index is 1910. The standard InChI is InChI=1S/C35H28Cl2N4O4S2/c1-21(32(42)41-35-40-31(20-46-35)24-10-17-28(36)29(37)19-24)47-27-15-11-25(12-16-27)38-34(44)30(18-22-8-13-26(45-2)14-9-22)39-33(43)23-6-4-3-5-7-23/h3-21H,1-2H3,(H,38,44)(H,39,43)(H,40,41,42)/b30-18-.